The SMILES string of the molecule is CCNC(=O)N1CCN([C@H]2CCC[C@@H](NC(=O)c3cc4c(F)ccc(C)c4[nH]3)C2)CC1. The van der Waals surface area contributed by atoms with E-state index < -0.39 is 0 Å². The number of H-pyrrole nitrogens is 1. The van der Waals surface area contributed by atoms with Gasteiger partial charge in [0.25, 0.3) is 5.91 Å². The number of fused-ring (bicyclic) bond motifs is 1. The van der Waals surface area contributed by atoms with Crippen molar-refractivity contribution in [1.82, 2.24) is 25.4 Å². The maximum atomic E-state index is 14.1. The number of aromatic nitrogens is 1. The van der Waals surface area contributed by atoms with Gasteiger partial charge in [-0.3, -0.25) is 9.69 Å². The van der Waals surface area contributed by atoms with Gasteiger partial charge in [-0.1, -0.05) is 6.07 Å². The van der Waals surface area contributed by atoms with E-state index in [1.54, 1.807) is 12.1 Å². The molecule has 3 amide bonds. The lowest BCUT2D eigenvalue weighted by Gasteiger charge is -2.42. The van der Waals surface area contributed by atoms with Gasteiger partial charge in [0.1, 0.15) is 11.5 Å². The normalized spacial score (nSPS) is 22.5. The summed E-state index contributed by atoms with van der Waals surface area (Å²) in [7, 11) is 0. The maximum Gasteiger partial charge on any atom is 0.317 e. The zero-order valence-corrected chi connectivity index (χ0v) is 18.3. The number of halogens is 1. The molecule has 2 fully saturated rings. The summed E-state index contributed by atoms with van der Waals surface area (Å²) in [5, 5.41) is 6.47. The van der Waals surface area contributed by atoms with Gasteiger partial charge in [-0.2, -0.15) is 0 Å². The van der Waals surface area contributed by atoms with Crippen molar-refractivity contribution in [2.45, 2.75) is 51.6 Å². The zero-order valence-electron chi connectivity index (χ0n) is 18.3. The predicted octanol–water partition coefficient (Wildman–Crippen LogP) is 3.00. The van der Waals surface area contributed by atoms with Crippen LogP contribution in [-0.4, -0.2) is 71.5 Å². The highest BCUT2D eigenvalue weighted by atomic mass is 19.1. The van der Waals surface area contributed by atoms with Crippen molar-refractivity contribution < 1.29 is 14.0 Å². The second-order valence-electron chi connectivity index (χ2n) is 8.69. The lowest BCUT2D eigenvalue weighted by Crippen LogP contribution is -2.55. The van der Waals surface area contributed by atoms with Gasteiger partial charge < -0.3 is 20.5 Å². The Bertz CT molecular complexity index is 912. The summed E-state index contributed by atoms with van der Waals surface area (Å²) in [4.78, 5) is 32.3. The van der Waals surface area contributed by atoms with Gasteiger partial charge in [0.15, 0.2) is 0 Å². The van der Waals surface area contributed by atoms with Crippen LogP contribution in [0.1, 0.15) is 48.7 Å². The first-order chi connectivity index (χ1) is 15.0. The molecule has 7 nitrogen and oxygen atoms in total. The molecule has 2 aromatic rings. The Hall–Kier alpha value is -2.61. The Morgan fingerprint density at radius 1 is 1.19 bits per heavy atom. The van der Waals surface area contributed by atoms with E-state index in [2.05, 4.69) is 20.5 Å². The van der Waals surface area contributed by atoms with Crippen molar-refractivity contribution in [3.05, 3.63) is 35.3 Å². The van der Waals surface area contributed by atoms with Gasteiger partial charge in [0, 0.05) is 50.2 Å². The number of nitrogens with one attached hydrogen (secondary N) is 3. The second-order valence-corrected chi connectivity index (χ2v) is 8.69. The topological polar surface area (TPSA) is 80.5 Å². The standard InChI is InChI=1S/C23H32FN5O2/c1-3-25-23(31)29-11-9-28(10-12-29)17-6-4-5-16(13-17)26-22(30)20-14-18-19(24)8-7-15(2)21(18)27-20/h7-8,14,16-17,27H,3-6,9-13H2,1-2H3,(H,25,31)(H,26,30)/t16-,17+/m1/s1. The number of carbonyl (C=O) groups is 2. The number of piperazine rings is 1. The van der Waals surface area contributed by atoms with Crippen LogP contribution in [0.3, 0.4) is 0 Å². The van der Waals surface area contributed by atoms with Gasteiger partial charge in [-0.05, 0) is 57.2 Å². The number of amides is 3. The molecule has 0 unspecified atom stereocenters. The molecule has 1 aliphatic heterocycles. The van der Waals surface area contributed by atoms with E-state index in [4.69, 9.17) is 0 Å². The number of benzene rings is 1. The van der Waals surface area contributed by atoms with Crippen LogP contribution >= 0.6 is 0 Å². The monoisotopic (exact) mass is 429 g/mol. The Morgan fingerprint density at radius 3 is 2.68 bits per heavy atom. The Kier molecular flexibility index (Phi) is 6.46. The lowest BCUT2D eigenvalue weighted by molar-refractivity contribution is 0.0762. The molecule has 2 atom stereocenters. The molecule has 0 radical (unpaired) electrons. The zero-order chi connectivity index (χ0) is 22.0. The number of urea groups is 1. The Morgan fingerprint density at radius 2 is 1.97 bits per heavy atom. The van der Waals surface area contributed by atoms with Crippen molar-refractivity contribution in [3.8, 4) is 0 Å². The first-order valence-electron chi connectivity index (χ1n) is 11.3. The van der Waals surface area contributed by atoms with E-state index in [1.165, 1.54) is 6.07 Å². The van der Waals surface area contributed by atoms with Gasteiger partial charge in [-0.15, -0.1) is 0 Å². The molecule has 0 bridgehead atoms. The largest absolute Gasteiger partial charge is 0.350 e. The summed E-state index contributed by atoms with van der Waals surface area (Å²) in [5.74, 6) is -0.498. The Labute approximate surface area is 182 Å². The van der Waals surface area contributed by atoms with Crippen molar-refractivity contribution in [1.29, 1.82) is 0 Å². The van der Waals surface area contributed by atoms with Gasteiger partial charge in [0.05, 0.1) is 5.52 Å². The molecule has 31 heavy (non-hydrogen) atoms. The second kappa shape index (κ2) is 9.26. The molecule has 4 rings (SSSR count). The van der Waals surface area contributed by atoms with Crippen LogP contribution in [0.2, 0.25) is 0 Å². The minimum atomic E-state index is -0.319. The fraction of sp³-hybridized carbons (Fsp3) is 0.565. The van der Waals surface area contributed by atoms with Crippen LogP contribution in [0.25, 0.3) is 10.9 Å². The van der Waals surface area contributed by atoms with E-state index in [0.717, 1.165) is 57.4 Å². The summed E-state index contributed by atoms with van der Waals surface area (Å²) in [6.07, 6.45) is 4.03. The van der Waals surface area contributed by atoms with Crippen molar-refractivity contribution in [3.63, 3.8) is 0 Å². The molecule has 3 N–H and O–H groups in total. The minimum Gasteiger partial charge on any atom is -0.350 e. The number of aromatic amines is 1. The highest BCUT2D eigenvalue weighted by molar-refractivity contribution is 5.99. The summed E-state index contributed by atoms with van der Waals surface area (Å²) < 4.78 is 14.1. The van der Waals surface area contributed by atoms with Gasteiger partial charge in [0.2, 0.25) is 0 Å². The molecular formula is C23H32FN5O2. The van der Waals surface area contributed by atoms with E-state index in [-0.39, 0.29) is 23.8 Å². The van der Waals surface area contributed by atoms with E-state index in [1.807, 2.05) is 18.7 Å². The summed E-state index contributed by atoms with van der Waals surface area (Å²) in [6.45, 7) is 7.67. The number of hydrogen-bond acceptors (Lipinski definition) is 3. The van der Waals surface area contributed by atoms with Crippen LogP contribution in [0, 0.1) is 12.7 Å². The average molecular weight is 430 g/mol. The van der Waals surface area contributed by atoms with Gasteiger partial charge >= 0.3 is 6.03 Å². The third kappa shape index (κ3) is 4.69. The number of carbonyl (C=O) groups excluding carboxylic acids is 2. The van der Waals surface area contributed by atoms with E-state index in [9.17, 15) is 14.0 Å². The molecule has 1 aromatic heterocycles. The quantitative estimate of drug-likeness (QED) is 0.699. The summed E-state index contributed by atoms with van der Waals surface area (Å²) >= 11 is 0. The first kappa shape index (κ1) is 21.6. The van der Waals surface area contributed by atoms with Crippen LogP contribution in [0.15, 0.2) is 18.2 Å². The van der Waals surface area contributed by atoms with Crippen LogP contribution in [-0.2, 0) is 0 Å². The third-order valence-electron chi connectivity index (χ3n) is 6.62. The van der Waals surface area contributed by atoms with E-state index in [0.29, 0.717) is 29.2 Å². The lowest BCUT2D eigenvalue weighted by atomic mass is 9.89. The minimum absolute atomic E-state index is 0.0148. The Balaban J connectivity index is 1.34. The first-order valence-corrected chi connectivity index (χ1v) is 11.3. The van der Waals surface area contributed by atoms with Gasteiger partial charge in [-0.25, -0.2) is 9.18 Å². The molecule has 1 saturated heterocycles. The predicted molar refractivity (Wildman–Crippen MR) is 119 cm³/mol. The molecule has 1 aliphatic carbocycles. The third-order valence-corrected chi connectivity index (χ3v) is 6.62. The smallest absolute Gasteiger partial charge is 0.317 e. The summed E-state index contributed by atoms with van der Waals surface area (Å²) in [5.41, 5.74) is 2.00. The number of nitrogens with zero attached hydrogens (tertiary/aromatic N) is 2. The molecule has 1 saturated carbocycles. The maximum absolute atomic E-state index is 14.1. The van der Waals surface area contributed by atoms with E-state index >= 15 is 0 Å². The number of hydrogen-bond donors (Lipinski definition) is 3. The van der Waals surface area contributed by atoms with Crippen molar-refractivity contribution in [2.24, 2.45) is 0 Å². The summed E-state index contributed by atoms with van der Waals surface area (Å²) in [6, 6.07) is 5.29. The molecule has 1 aromatic carbocycles. The molecule has 2 heterocycles. The van der Waals surface area contributed by atoms with Crippen molar-refractivity contribution >= 4 is 22.8 Å². The van der Waals surface area contributed by atoms with Crippen molar-refractivity contribution in [2.75, 3.05) is 32.7 Å². The fourth-order valence-corrected chi connectivity index (χ4v) is 4.89. The highest BCUT2D eigenvalue weighted by Gasteiger charge is 2.31. The molecule has 2 aliphatic rings. The number of aryl methyl sites for hydroxylation is 1. The molecular weight excluding hydrogens is 397 g/mol. The molecule has 8 heteroatoms. The average Bonchev–Trinajstić information content (AvgIpc) is 3.24. The fourth-order valence-electron chi connectivity index (χ4n) is 4.89. The number of rotatable bonds is 4. The molecule has 168 valence electrons. The van der Waals surface area contributed by atoms with Crippen LogP contribution in [0.5, 0.6) is 0 Å². The highest BCUT2D eigenvalue weighted by Crippen LogP contribution is 2.26. The van der Waals surface area contributed by atoms with Crippen LogP contribution in [0.4, 0.5) is 9.18 Å². The molecule has 0 spiro atoms. The van der Waals surface area contributed by atoms with Crippen LogP contribution < -0.4 is 10.6 Å².